The van der Waals surface area contributed by atoms with Crippen LogP contribution in [0.2, 0.25) is 0 Å². The fraction of sp³-hybridized carbons (Fsp3) is 0.167. The highest BCUT2D eigenvalue weighted by molar-refractivity contribution is 5.89. The predicted molar refractivity (Wildman–Crippen MR) is 89.6 cm³/mol. The average Bonchev–Trinajstić information content (AvgIpc) is 3.04. The molecule has 0 fully saturated rings. The van der Waals surface area contributed by atoms with Gasteiger partial charge in [-0.2, -0.15) is 5.10 Å². The van der Waals surface area contributed by atoms with Crippen molar-refractivity contribution in [2.45, 2.75) is 6.54 Å². The molecule has 1 aromatic heterocycles. The molecular formula is C18H17N3O3. The molecule has 122 valence electrons. The van der Waals surface area contributed by atoms with E-state index in [0.717, 1.165) is 11.1 Å². The van der Waals surface area contributed by atoms with Crippen LogP contribution in [0.3, 0.4) is 0 Å². The number of terminal acetylenes is 1. The molecule has 0 saturated heterocycles. The third kappa shape index (κ3) is 5.81. The lowest BCUT2D eigenvalue weighted by atomic mass is 10.2. The van der Waals surface area contributed by atoms with E-state index in [0.29, 0.717) is 6.54 Å². The van der Waals surface area contributed by atoms with Crippen molar-refractivity contribution in [3.8, 4) is 12.3 Å². The number of aromatic nitrogens is 2. The lowest BCUT2D eigenvalue weighted by Crippen LogP contribution is -2.28. The molecule has 1 amide bonds. The van der Waals surface area contributed by atoms with E-state index >= 15 is 0 Å². The first-order valence-electron chi connectivity index (χ1n) is 7.29. The molecule has 6 nitrogen and oxygen atoms in total. The molecule has 6 heteroatoms. The molecular weight excluding hydrogens is 306 g/mol. The number of carbonyl (C=O) groups excluding carboxylic acids is 2. The SMILES string of the molecule is C#CCNC(=O)COC(=O)/C=C/c1cnn(Cc2ccccc2)c1. The Kier molecular flexibility index (Phi) is 6.35. The second-order valence-electron chi connectivity index (χ2n) is 4.88. The van der Waals surface area contributed by atoms with Crippen LogP contribution in [0.25, 0.3) is 6.08 Å². The lowest BCUT2D eigenvalue weighted by Gasteiger charge is -2.01. The number of amides is 1. The van der Waals surface area contributed by atoms with Crippen molar-refractivity contribution in [1.82, 2.24) is 15.1 Å². The molecule has 0 bridgehead atoms. The second kappa shape index (κ2) is 8.96. The van der Waals surface area contributed by atoms with Gasteiger partial charge in [0.15, 0.2) is 6.61 Å². The van der Waals surface area contributed by atoms with Gasteiger partial charge in [0.25, 0.3) is 5.91 Å². The molecule has 0 aliphatic heterocycles. The van der Waals surface area contributed by atoms with Crippen molar-refractivity contribution >= 4 is 18.0 Å². The summed E-state index contributed by atoms with van der Waals surface area (Å²) in [6, 6.07) is 9.92. The smallest absolute Gasteiger partial charge is 0.331 e. The van der Waals surface area contributed by atoms with Crippen LogP contribution in [0.1, 0.15) is 11.1 Å². The molecule has 0 spiro atoms. The normalized spacial score (nSPS) is 10.3. The van der Waals surface area contributed by atoms with E-state index in [4.69, 9.17) is 11.2 Å². The zero-order valence-electron chi connectivity index (χ0n) is 13.0. The van der Waals surface area contributed by atoms with Crippen molar-refractivity contribution < 1.29 is 14.3 Å². The predicted octanol–water partition coefficient (Wildman–Crippen LogP) is 1.24. The van der Waals surface area contributed by atoms with Gasteiger partial charge in [-0.05, 0) is 11.6 Å². The number of nitrogens with one attached hydrogen (secondary N) is 1. The average molecular weight is 323 g/mol. The molecule has 0 aliphatic rings. The van der Waals surface area contributed by atoms with Crippen molar-refractivity contribution in [3.05, 3.63) is 59.9 Å². The van der Waals surface area contributed by atoms with Crippen LogP contribution in [-0.4, -0.2) is 34.8 Å². The molecule has 24 heavy (non-hydrogen) atoms. The zero-order valence-corrected chi connectivity index (χ0v) is 13.0. The van der Waals surface area contributed by atoms with Crippen molar-refractivity contribution in [3.63, 3.8) is 0 Å². The Morgan fingerprint density at radius 3 is 2.88 bits per heavy atom. The van der Waals surface area contributed by atoms with Gasteiger partial charge in [0.05, 0.1) is 19.3 Å². The summed E-state index contributed by atoms with van der Waals surface area (Å²) in [5.41, 5.74) is 1.90. The fourth-order valence-corrected chi connectivity index (χ4v) is 1.87. The number of ether oxygens (including phenoxy) is 1. The van der Waals surface area contributed by atoms with E-state index < -0.39 is 11.9 Å². The van der Waals surface area contributed by atoms with Crippen molar-refractivity contribution in [2.24, 2.45) is 0 Å². The third-order valence-corrected chi connectivity index (χ3v) is 2.99. The third-order valence-electron chi connectivity index (χ3n) is 2.99. The number of hydrogen-bond donors (Lipinski definition) is 1. The summed E-state index contributed by atoms with van der Waals surface area (Å²) in [4.78, 5) is 22.8. The van der Waals surface area contributed by atoms with Crippen LogP contribution in [0.4, 0.5) is 0 Å². The van der Waals surface area contributed by atoms with E-state index in [-0.39, 0.29) is 13.2 Å². The highest BCUT2D eigenvalue weighted by Crippen LogP contribution is 2.05. The Morgan fingerprint density at radius 2 is 2.12 bits per heavy atom. The second-order valence-corrected chi connectivity index (χ2v) is 4.88. The maximum Gasteiger partial charge on any atom is 0.331 e. The van der Waals surface area contributed by atoms with Crippen LogP contribution in [0.5, 0.6) is 0 Å². The minimum absolute atomic E-state index is 0.104. The largest absolute Gasteiger partial charge is 0.452 e. The Morgan fingerprint density at radius 1 is 1.33 bits per heavy atom. The Balaban J connectivity index is 1.81. The number of nitrogens with zero attached hydrogens (tertiary/aromatic N) is 2. The first-order valence-corrected chi connectivity index (χ1v) is 7.29. The highest BCUT2D eigenvalue weighted by atomic mass is 16.5. The molecule has 1 N–H and O–H groups in total. The van der Waals surface area contributed by atoms with Crippen LogP contribution in [0, 0.1) is 12.3 Å². The molecule has 1 heterocycles. The van der Waals surface area contributed by atoms with E-state index in [9.17, 15) is 9.59 Å². The monoisotopic (exact) mass is 323 g/mol. The van der Waals surface area contributed by atoms with Gasteiger partial charge in [-0.1, -0.05) is 36.3 Å². The number of hydrogen-bond acceptors (Lipinski definition) is 4. The molecule has 1 aromatic carbocycles. The van der Waals surface area contributed by atoms with Crippen LogP contribution >= 0.6 is 0 Å². The maximum atomic E-state index is 11.5. The van der Waals surface area contributed by atoms with Crippen LogP contribution in [-0.2, 0) is 20.9 Å². The molecule has 0 saturated carbocycles. The Labute approximate surface area is 140 Å². The minimum Gasteiger partial charge on any atom is -0.452 e. The van der Waals surface area contributed by atoms with Gasteiger partial charge in [-0.15, -0.1) is 6.42 Å². The summed E-state index contributed by atoms with van der Waals surface area (Å²) in [5.74, 6) is 1.21. The summed E-state index contributed by atoms with van der Waals surface area (Å²) >= 11 is 0. The van der Waals surface area contributed by atoms with Gasteiger partial charge in [0, 0.05) is 17.8 Å². The zero-order chi connectivity index (χ0) is 17.2. The standard InChI is InChI=1S/C18H17N3O3/c1-2-10-19-17(22)14-24-18(23)9-8-16-11-20-21(13-16)12-15-6-4-3-5-7-15/h1,3-9,11,13H,10,12,14H2,(H,19,22)/b9-8+. The Bertz CT molecular complexity index is 757. The first kappa shape index (κ1) is 17.0. The molecule has 0 aliphatic carbocycles. The number of esters is 1. The van der Waals surface area contributed by atoms with E-state index in [2.05, 4.69) is 16.3 Å². The van der Waals surface area contributed by atoms with Gasteiger partial charge in [0.1, 0.15) is 0 Å². The van der Waals surface area contributed by atoms with Gasteiger partial charge in [0.2, 0.25) is 0 Å². The van der Waals surface area contributed by atoms with Gasteiger partial charge in [-0.25, -0.2) is 4.79 Å². The molecule has 0 atom stereocenters. The van der Waals surface area contributed by atoms with E-state index in [1.165, 1.54) is 6.08 Å². The summed E-state index contributed by atoms with van der Waals surface area (Å²) in [6.45, 7) is 0.388. The van der Waals surface area contributed by atoms with Crippen molar-refractivity contribution in [2.75, 3.05) is 13.2 Å². The summed E-state index contributed by atoms with van der Waals surface area (Å²) < 4.78 is 6.56. The van der Waals surface area contributed by atoms with Gasteiger partial charge >= 0.3 is 5.97 Å². The Hall–Kier alpha value is -3.33. The number of benzene rings is 1. The lowest BCUT2D eigenvalue weighted by molar-refractivity contribution is -0.143. The van der Waals surface area contributed by atoms with Crippen molar-refractivity contribution in [1.29, 1.82) is 0 Å². The van der Waals surface area contributed by atoms with Crippen LogP contribution in [0.15, 0.2) is 48.8 Å². The maximum absolute atomic E-state index is 11.5. The highest BCUT2D eigenvalue weighted by Gasteiger charge is 2.04. The first-order chi connectivity index (χ1) is 11.7. The van der Waals surface area contributed by atoms with E-state index in [1.807, 2.05) is 36.5 Å². The fourth-order valence-electron chi connectivity index (χ4n) is 1.87. The minimum atomic E-state index is -0.610. The molecule has 0 radical (unpaired) electrons. The van der Waals surface area contributed by atoms with Crippen LogP contribution < -0.4 is 5.32 Å². The number of rotatable bonds is 7. The van der Waals surface area contributed by atoms with Gasteiger partial charge in [-0.3, -0.25) is 9.48 Å². The van der Waals surface area contributed by atoms with E-state index in [1.54, 1.807) is 17.0 Å². The molecule has 2 aromatic rings. The molecule has 0 unspecified atom stereocenters. The summed E-state index contributed by atoms with van der Waals surface area (Å²) in [7, 11) is 0. The summed E-state index contributed by atoms with van der Waals surface area (Å²) in [6.07, 6.45) is 11.3. The quantitative estimate of drug-likeness (QED) is 0.473. The number of carbonyl (C=O) groups is 2. The van der Waals surface area contributed by atoms with Gasteiger partial charge < -0.3 is 10.1 Å². The topological polar surface area (TPSA) is 73.2 Å². The molecule has 2 rings (SSSR count). The summed E-state index contributed by atoms with van der Waals surface area (Å²) in [5, 5.41) is 6.63.